The maximum absolute atomic E-state index is 5.61. The SMILES string of the molecule is C[C@@H](NCCOc1ccccc1)c1cccs1. The van der Waals surface area contributed by atoms with E-state index in [1.165, 1.54) is 4.88 Å². The van der Waals surface area contributed by atoms with Crippen molar-refractivity contribution in [3.8, 4) is 5.75 Å². The van der Waals surface area contributed by atoms with Crippen LogP contribution >= 0.6 is 11.3 Å². The fourth-order valence-corrected chi connectivity index (χ4v) is 2.36. The van der Waals surface area contributed by atoms with Gasteiger partial charge in [0.15, 0.2) is 0 Å². The maximum Gasteiger partial charge on any atom is 0.119 e. The highest BCUT2D eigenvalue weighted by Crippen LogP contribution is 2.17. The average molecular weight is 247 g/mol. The lowest BCUT2D eigenvalue weighted by Crippen LogP contribution is -2.23. The number of hydrogen-bond donors (Lipinski definition) is 1. The van der Waals surface area contributed by atoms with Crippen LogP contribution in [0.25, 0.3) is 0 Å². The van der Waals surface area contributed by atoms with Gasteiger partial charge in [0.1, 0.15) is 12.4 Å². The minimum atomic E-state index is 0.398. The predicted molar refractivity (Wildman–Crippen MR) is 72.7 cm³/mol. The maximum atomic E-state index is 5.61. The van der Waals surface area contributed by atoms with E-state index in [0.717, 1.165) is 12.3 Å². The quantitative estimate of drug-likeness (QED) is 0.789. The zero-order valence-electron chi connectivity index (χ0n) is 9.93. The van der Waals surface area contributed by atoms with Gasteiger partial charge in [-0.1, -0.05) is 24.3 Å². The van der Waals surface area contributed by atoms with Crippen molar-refractivity contribution >= 4 is 11.3 Å². The van der Waals surface area contributed by atoms with Gasteiger partial charge in [-0.3, -0.25) is 0 Å². The summed E-state index contributed by atoms with van der Waals surface area (Å²) in [6.07, 6.45) is 0. The summed E-state index contributed by atoms with van der Waals surface area (Å²) in [5.41, 5.74) is 0. The fourth-order valence-electron chi connectivity index (χ4n) is 1.60. The van der Waals surface area contributed by atoms with Crippen LogP contribution in [0.1, 0.15) is 17.8 Å². The molecule has 0 aliphatic heterocycles. The molecule has 0 aliphatic rings. The zero-order valence-corrected chi connectivity index (χ0v) is 10.7. The molecule has 0 bridgehead atoms. The molecule has 1 aromatic heterocycles. The Labute approximate surface area is 106 Å². The molecule has 0 unspecified atom stereocenters. The van der Waals surface area contributed by atoms with Crippen LogP contribution in [0.3, 0.4) is 0 Å². The molecular formula is C14H17NOS. The van der Waals surface area contributed by atoms with Crippen molar-refractivity contribution in [2.24, 2.45) is 0 Å². The lowest BCUT2D eigenvalue weighted by molar-refractivity contribution is 0.308. The second-order valence-electron chi connectivity index (χ2n) is 3.85. The van der Waals surface area contributed by atoms with Crippen molar-refractivity contribution in [2.75, 3.05) is 13.2 Å². The lowest BCUT2D eigenvalue weighted by Gasteiger charge is -2.12. The zero-order chi connectivity index (χ0) is 11.9. The van der Waals surface area contributed by atoms with Gasteiger partial charge >= 0.3 is 0 Å². The molecule has 17 heavy (non-hydrogen) atoms. The Balaban J connectivity index is 1.67. The molecule has 0 spiro atoms. The summed E-state index contributed by atoms with van der Waals surface area (Å²) in [5, 5.41) is 5.55. The van der Waals surface area contributed by atoms with E-state index in [-0.39, 0.29) is 0 Å². The summed E-state index contributed by atoms with van der Waals surface area (Å²) < 4.78 is 5.61. The third kappa shape index (κ3) is 3.88. The molecule has 2 aromatic rings. The van der Waals surface area contributed by atoms with Crippen LogP contribution in [0.4, 0.5) is 0 Å². The van der Waals surface area contributed by atoms with Gasteiger partial charge in [0, 0.05) is 17.5 Å². The van der Waals surface area contributed by atoms with Crippen LogP contribution in [0, 0.1) is 0 Å². The number of para-hydroxylation sites is 1. The van der Waals surface area contributed by atoms with E-state index in [9.17, 15) is 0 Å². The van der Waals surface area contributed by atoms with Crippen molar-refractivity contribution in [3.05, 3.63) is 52.7 Å². The smallest absolute Gasteiger partial charge is 0.119 e. The summed E-state index contributed by atoms with van der Waals surface area (Å²) in [5.74, 6) is 0.929. The number of thiophene rings is 1. The normalized spacial score (nSPS) is 12.3. The van der Waals surface area contributed by atoms with Crippen LogP contribution < -0.4 is 10.1 Å². The number of rotatable bonds is 6. The van der Waals surface area contributed by atoms with Gasteiger partial charge in [0.25, 0.3) is 0 Å². The van der Waals surface area contributed by atoms with Crippen molar-refractivity contribution in [1.29, 1.82) is 0 Å². The fraction of sp³-hybridized carbons (Fsp3) is 0.286. The molecule has 2 nitrogen and oxygen atoms in total. The summed E-state index contributed by atoms with van der Waals surface area (Å²) >= 11 is 1.78. The molecule has 1 N–H and O–H groups in total. The second-order valence-corrected chi connectivity index (χ2v) is 4.83. The van der Waals surface area contributed by atoms with Crippen LogP contribution in [0.5, 0.6) is 5.75 Å². The number of hydrogen-bond acceptors (Lipinski definition) is 3. The van der Waals surface area contributed by atoms with E-state index >= 15 is 0 Å². The molecule has 0 saturated heterocycles. The van der Waals surface area contributed by atoms with Gasteiger partial charge in [-0.05, 0) is 30.5 Å². The highest BCUT2D eigenvalue weighted by atomic mass is 32.1. The van der Waals surface area contributed by atoms with E-state index in [1.807, 2.05) is 30.3 Å². The Bertz CT molecular complexity index is 413. The van der Waals surface area contributed by atoms with Gasteiger partial charge < -0.3 is 10.1 Å². The van der Waals surface area contributed by atoms with E-state index in [1.54, 1.807) is 11.3 Å². The van der Waals surface area contributed by atoms with Crippen molar-refractivity contribution in [1.82, 2.24) is 5.32 Å². The van der Waals surface area contributed by atoms with Gasteiger partial charge in [0.2, 0.25) is 0 Å². The monoisotopic (exact) mass is 247 g/mol. The predicted octanol–water partition coefficient (Wildman–Crippen LogP) is 3.48. The van der Waals surface area contributed by atoms with Crippen LogP contribution in [-0.2, 0) is 0 Å². The summed E-state index contributed by atoms with van der Waals surface area (Å²) in [6, 6.07) is 14.5. The lowest BCUT2D eigenvalue weighted by atomic mass is 10.3. The minimum Gasteiger partial charge on any atom is -0.492 e. The van der Waals surface area contributed by atoms with Gasteiger partial charge in [-0.25, -0.2) is 0 Å². The Morgan fingerprint density at radius 2 is 2.00 bits per heavy atom. The van der Waals surface area contributed by atoms with Crippen LogP contribution in [-0.4, -0.2) is 13.2 Å². The van der Waals surface area contributed by atoms with Gasteiger partial charge in [-0.15, -0.1) is 11.3 Å². The Kier molecular flexibility index (Phi) is 4.59. The summed E-state index contributed by atoms with van der Waals surface area (Å²) in [7, 11) is 0. The third-order valence-electron chi connectivity index (χ3n) is 2.53. The molecule has 1 atom stereocenters. The second kappa shape index (κ2) is 6.42. The first kappa shape index (κ1) is 12.1. The Morgan fingerprint density at radius 3 is 2.71 bits per heavy atom. The third-order valence-corrected chi connectivity index (χ3v) is 3.59. The number of benzene rings is 1. The first-order valence-electron chi connectivity index (χ1n) is 5.81. The Hall–Kier alpha value is -1.32. The highest BCUT2D eigenvalue weighted by molar-refractivity contribution is 7.10. The topological polar surface area (TPSA) is 21.3 Å². The molecule has 0 aliphatic carbocycles. The molecule has 1 heterocycles. The first-order valence-corrected chi connectivity index (χ1v) is 6.69. The highest BCUT2D eigenvalue weighted by Gasteiger charge is 2.04. The Morgan fingerprint density at radius 1 is 1.18 bits per heavy atom. The average Bonchev–Trinajstić information content (AvgIpc) is 2.89. The molecule has 0 radical (unpaired) electrons. The number of nitrogens with one attached hydrogen (secondary N) is 1. The van der Waals surface area contributed by atoms with E-state index in [2.05, 4.69) is 29.8 Å². The molecule has 90 valence electrons. The first-order chi connectivity index (χ1) is 8.36. The number of ether oxygens (including phenoxy) is 1. The molecule has 0 amide bonds. The largest absolute Gasteiger partial charge is 0.492 e. The van der Waals surface area contributed by atoms with Gasteiger partial charge in [0.05, 0.1) is 0 Å². The van der Waals surface area contributed by atoms with Crippen molar-refractivity contribution < 1.29 is 4.74 Å². The standard InChI is InChI=1S/C14H17NOS/c1-12(14-8-5-11-17-14)15-9-10-16-13-6-3-2-4-7-13/h2-8,11-12,15H,9-10H2,1H3/t12-/m1/s1. The molecule has 1 aromatic carbocycles. The minimum absolute atomic E-state index is 0.398. The van der Waals surface area contributed by atoms with E-state index in [4.69, 9.17) is 4.74 Å². The molecule has 3 heteroatoms. The molecule has 2 rings (SSSR count). The van der Waals surface area contributed by atoms with Crippen molar-refractivity contribution in [2.45, 2.75) is 13.0 Å². The van der Waals surface area contributed by atoms with Crippen molar-refractivity contribution in [3.63, 3.8) is 0 Å². The summed E-state index contributed by atoms with van der Waals surface area (Å²) in [4.78, 5) is 1.37. The summed E-state index contributed by atoms with van der Waals surface area (Å²) in [6.45, 7) is 3.72. The molecular weight excluding hydrogens is 230 g/mol. The van der Waals surface area contributed by atoms with E-state index in [0.29, 0.717) is 12.6 Å². The van der Waals surface area contributed by atoms with Crippen LogP contribution in [0.2, 0.25) is 0 Å². The molecule has 0 saturated carbocycles. The van der Waals surface area contributed by atoms with E-state index < -0.39 is 0 Å². The van der Waals surface area contributed by atoms with Crippen LogP contribution in [0.15, 0.2) is 47.8 Å². The van der Waals surface area contributed by atoms with Gasteiger partial charge in [-0.2, -0.15) is 0 Å². The molecule has 0 fully saturated rings.